The smallest absolute Gasteiger partial charge is 0.315 e. The lowest BCUT2D eigenvalue weighted by molar-refractivity contribution is -0.186. The topological polar surface area (TPSA) is 76.1 Å². The van der Waals surface area contributed by atoms with Gasteiger partial charge in [0.1, 0.15) is 0 Å². The highest BCUT2D eigenvalue weighted by atomic mass is 28.4. The number of rotatable bonds is 2. The molecule has 1 N–H and O–H groups in total. The van der Waals surface area contributed by atoms with Crippen molar-refractivity contribution < 1.29 is 23.9 Å². The summed E-state index contributed by atoms with van der Waals surface area (Å²) in [6.45, 7) is 13.4. The van der Waals surface area contributed by atoms with Crippen LogP contribution in [-0.2, 0) is 18.8 Å². The van der Waals surface area contributed by atoms with Crippen LogP contribution in [0, 0.1) is 16.7 Å². The van der Waals surface area contributed by atoms with Crippen LogP contribution in [0.4, 0.5) is 0 Å². The zero-order chi connectivity index (χ0) is 21.2. The average molecular weight is 422 g/mol. The Bertz CT molecular complexity index is 789. The van der Waals surface area contributed by atoms with E-state index < -0.39 is 30.9 Å². The minimum atomic E-state index is -1.95. The van der Waals surface area contributed by atoms with Gasteiger partial charge in [0, 0.05) is 24.0 Å². The van der Waals surface area contributed by atoms with Crippen molar-refractivity contribution >= 4 is 20.2 Å². The minimum Gasteiger partial charge on any atom is -0.451 e. The molecule has 0 spiro atoms. The van der Waals surface area contributed by atoms with Crippen molar-refractivity contribution in [2.75, 3.05) is 6.54 Å². The predicted molar refractivity (Wildman–Crippen MR) is 110 cm³/mol. The number of aliphatic hydroxyl groups is 1. The molecule has 3 heterocycles. The molecule has 0 aromatic heterocycles. The van der Waals surface area contributed by atoms with Crippen molar-refractivity contribution in [2.45, 2.75) is 102 Å². The number of nitrogens with zero attached hydrogens (tertiary/aromatic N) is 1. The fourth-order valence-electron chi connectivity index (χ4n) is 7.27. The Morgan fingerprint density at radius 2 is 1.90 bits per heavy atom. The third-order valence-corrected chi connectivity index (χ3v) is 14.2. The standard InChI is InChI=1S/C22H35NO5Si/c1-19(2,3)29(5,6)28-13-7-10-22-15-14-8-9-21(22,11-13)16(27-18(22)25)17(24)23(15)12-20(14,4)26/h13-16,26H,7-12H2,1-6H3/t13-,14-,15-,16+,20+,21+,22+/m0/s1. The van der Waals surface area contributed by atoms with E-state index in [9.17, 15) is 14.7 Å². The molecule has 7 atom stereocenters. The Morgan fingerprint density at radius 1 is 1.21 bits per heavy atom. The second-order valence-electron chi connectivity index (χ2n) is 12.1. The zero-order valence-electron chi connectivity index (χ0n) is 18.6. The van der Waals surface area contributed by atoms with E-state index in [1.165, 1.54) is 0 Å². The molecule has 5 fully saturated rings. The van der Waals surface area contributed by atoms with Crippen molar-refractivity contribution in [1.29, 1.82) is 0 Å². The number of carbonyl (C=O) groups excluding carboxylic acids is 2. The van der Waals surface area contributed by atoms with Crippen LogP contribution in [0.5, 0.6) is 0 Å². The largest absolute Gasteiger partial charge is 0.451 e. The lowest BCUT2D eigenvalue weighted by Crippen LogP contribution is -2.71. The number of carbonyl (C=O) groups is 2. The molecule has 29 heavy (non-hydrogen) atoms. The molecular formula is C22H35NO5Si. The van der Waals surface area contributed by atoms with Gasteiger partial charge in [0.15, 0.2) is 14.4 Å². The molecule has 0 aromatic carbocycles. The summed E-state index contributed by atoms with van der Waals surface area (Å²) in [4.78, 5) is 28.5. The van der Waals surface area contributed by atoms with E-state index in [2.05, 4.69) is 33.9 Å². The van der Waals surface area contributed by atoms with Crippen molar-refractivity contribution in [2.24, 2.45) is 16.7 Å². The lowest BCUT2D eigenvalue weighted by Gasteiger charge is -2.61. The van der Waals surface area contributed by atoms with Crippen LogP contribution in [0.15, 0.2) is 0 Å². The highest BCUT2D eigenvalue weighted by Crippen LogP contribution is 2.72. The maximum atomic E-state index is 13.4. The summed E-state index contributed by atoms with van der Waals surface area (Å²) >= 11 is 0. The summed E-state index contributed by atoms with van der Waals surface area (Å²) < 4.78 is 12.6. The van der Waals surface area contributed by atoms with E-state index in [0.29, 0.717) is 13.0 Å². The van der Waals surface area contributed by atoms with E-state index in [1.807, 2.05) is 6.92 Å². The third kappa shape index (κ3) is 2.19. The quantitative estimate of drug-likeness (QED) is 0.548. The second kappa shape index (κ2) is 5.46. The van der Waals surface area contributed by atoms with Crippen LogP contribution in [0.1, 0.15) is 59.8 Å². The number of esters is 1. The molecular weight excluding hydrogens is 386 g/mol. The highest BCUT2D eigenvalue weighted by Gasteiger charge is 2.82. The number of hydrogen-bond acceptors (Lipinski definition) is 5. The van der Waals surface area contributed by atoms with Gasteiger partial charge in [-0.15, -0.1) is 0 Å². The molecule has 0 unspecified atom stereocenters. The molecule has 2 saturated carbocycles. The maximum absolute atomic E-state index is 13.4. The van der Waals surface area contributed by atoms with Crippen molar-refractivity contribution in [3.8, 4) is 0 Å². The third-order valence-electron chi connectivity index (χ3n) is 9.62. The van der Waals surface area contributed by atoms with Gasteiger partial charge in [-0.1, -0.05) is 20.8 Å². The van der Waals surface area contributed by atoms with Crippen molar-refractivity contribution in [3.63, 3.8) is 0 Å². The Morgan fingerprint density at radius 3 is 2.55 bits per heavy atom. The molecule has 6 nitrogen and oxygen atoms in total. The van der Waals surface area contributed by atoms with E-state index in [-0.39, 0.29) is 35.0 Å². The molecule has 4 bridgehead atoms. The summed E-state index contributed by atoms with van der Waals surface area (Å²) in [7, 11) is -1.95. The summed E-state index contributed by atoms with van der Waals surface area (Å²) in [6.07, 6.45) is 3.21. The van der Waals surface area contributed by atoms with Crippen LogP contribution in [0.2, 0.25) is 18.1 Å². The Labute approximate surface area is 174 Å². The van der Waals surface area contributed by atoms with Crippen LogP contribution in [0.25, 0.3) is 0 Å². The molecule has 1 amide bonds. The van der Waals surface area contributed by atoms with Crippen molar-refractivity contribution in [1.82, 2.24) is 4.90 Å². The fourth-order valence-corrected chi connectivity index (χ4v) is 8.66. The highest BCUT2D eigenvalue weighted by molar-refractivity contribution is 6.74. The molecule has 3 saturated heterocycles. The first kappa shape index (κ1) is 20.0. The molecule has 7 heteroatoms. The van der Waals surface area contributed by atoms with E-state index in [0.717, 1.165) is 25.7 Å². The molecule has 2 aliphatic carbocycles. The first-order valence-electron chi connectivity index (χ1n) is 11.2. The van der Waals surface area contributed by atoms with Gasteiger partial charge in [-0.3, -0.25) is 9.59 Å². The van der Waals surface area contributed by atoms with Gasteiger partial charge in [0.05, 0.1) is 17.1 Å². The van der Waals surface area contributed by atoms with Crippen molar-refractivity contribution in [3.05, 3.63) is 0 Å². The summed E-state index contributed by atoms with van der Waals surface area (Å²) in [5.74, 6) is -0.340. The van der Waals surface area contributed by atoms with Crippen LogP contribution in [0.3, 0.4) is 0 Å². The van der Waals surface area contributed by atoms with Crippen LogP contribution < -0.4 is 0 Å². The van der Waals surface area contributed by atoms with E-state index in [1.54, 1.807) is 4.90 Å². The summed E-state index contributed by atoms with van der Waals surface area (Å²) in [5, 5.41) is 11.2. The van der Waals surface area contributed by atoms with Gasteiger partial charge in [-0.25, -0.2) is 0 Å². The van der Waals surface area contributed by atoms with Gasteiger partial charge < -0.3 is 19.2 Å². The molecule has 5 rings (SSSR count). The number of ether oxygens (including phenoxy) is 1. The first-order valence-corrected chi connectivity index (χ1v) is 14.1. The van der Waals surface area contributed by atoms with Gasteiger partial charge in [0.25, 0.3) is 5.91 Å². The van der Waals surface area contributed by atoms with Crippen LogP contribution in [-0.4, -0.2) is 60.6 Å². The van der Waals surface area contributed by atoms with E-state index in [4.69, 9.17) is 9.16 Å². The minimum absolute atomic E-state index is 0.0518. The lowest BCUT2D eigenvalue weighted by atomic mass is 9.43. The number of amides is 1. The molecule has 5 aliphatic rings. The van der Waals surface area contributed by atoms with Gasteiger partial charge in [-0.2, -0.15) is 0 Å². The van der Waals surface area contributed by atoms with E-state index >= 15 is 0 Å². The zero-order valence-corrected chi connectivity index (χ0v) is 19.6. The van der Waals surface area contributed by atoms with Gasteiger partial charge >= 0.3 is 5.97 Å². The maximum Gasteiger partial charge on any atom is 0.315 e. The summed E-state index contributed by atoms with van der Waals surface area (Å²) in [5.41, 5.74) is -2.06. The summed E-state index contributed by atoms with van der Waals surface area (Å²) in [6, 6.07) is -0.223. The number of piperidine rings is 1. The molecule has 0 radical (unpaired) electrons. The second-order valence-corrected chi connectivity index (χ2v) is 16.8. The molecule has 3 aliphatic heterocycles. The SMILES string of the molecule is CC(C)(C)[Si](C)(C)O[C@H]1CC[C@@]23C(=O)O[C@@H]4C(=O)N5C[C@@](C)(O)[C@@H](CC[C@@]42C1)[C@H]53. The molecule has 162 valence electrons. The normalized spacial score (nSPS) is 48.6. The average Bonchev–Trinajstić information content (AvgIpc) is 3.00. The van der Waals surface area contributed by atoms with Gasteiger partial charge in [-0.05, 0) is 57.2 Å². The Balaban J connectivity index is 1.55. The Hall–Kier alpha value is -0.923. The fraction of sp³-hybridized carbons (Fsp3) is 0.909. The Kier molecular flexibility index (Phi) is 3.77. The van der Waals surface area contributed by atoms with Crippen LogP contribution >= 0.6 is 0 Å². The first-order chi connectivity index (χ1) is 13.3. The van der Waals surface area contributed by atoms with Gasteiger partial charge in [0.2, 0.25) is 0 Å². The predicted octanol–water partition coefficient (Wildman–Crippen LogP) is 2.84. The number of hydrogen-bond donors (Lipinski definition) is 1. The molecule has 0 aromatic rings. The monoisotopic (exact) mass is 421 g/mol.